The Morgan fingerprint density at radius 1 is 1.39 bits per heavy atom. The fourth-order valence-electron chi connectivity index (χ4n) is 2.25. The van der Waals surface area contributed by atoms with Gasteiger partial charge in [0, 0.05) is 6.07 Å². The number of aliphatic hydroxyl groups is 1. The SMILES string of the molecule is Cc1ccc(OC2CCCCC2O)c([N+](=O)[O-])c1. The van der Waals surface area contributed by atoms with Crippen LogP contribution in [0.2, 0.25) is 0 Å². The zero-order valence-electron chi connectivity index (χ0n) is 10.3. The summed E-state index contributed by atoms with van der Waals surface area (Å²) in [5.41, 5.74) is 0.783. The van der Waals surface area contributed by atoms with Crippen LogP contribution in [0.3, 0.4) is 0 Å². The number of benzene rings is 1. The van der Waals surface area contributed by atoms with Crippen LogP contribution in [-0.4, -0.2) is 22.2 Å². The molecule has 1 aliphatic carbocycles. The zero-order valence-corrected chi connectivity index (χ0v) is 10.3. The number of hydrogen-bond acceptors (Lipinski definition) is 4. The molecule has 18 heavy (non-hydrogen) atoms. The Balaban J connectivity index is 2.20. The molecular formula is C13H17NO4. The van der Waals surface area contributed by atoms with Gasteiger partial charge < -0.3 is 9.84 Å². The van der Waals surface area contributed by atoms with Gasteiger partial charge in [0.25, 0.3) is 0 Å². The Labute approximate surface area is 106 Å². The summed E-state index contributed by atoms with van der Waals surface area (Å²) >= 11 is 0. The van der Waals surface area contributed by atoms with E-state index in [-0.39, 0.29) is 17.5 Å². The Morgan fingerprint density at radius 3 is 2.78 bits per heavy atom. The van der Waals surface area contributed by atoms with Gasteiger partial charge in [-0.25, -0.2) is 0 Å². The van der Waals surface area contributed by atoms with E-state index in [9.17, 15) is 15.2 Å². The maximum Gasteiger partial charge on any atom is 0.311 e. The van der Waals surface area contributed by atoms with E-state index in [2.05, 4.69) is 0 Å². The highest BCUT2D eigenvalue weighted by Gasteiger charge is 2.27. The highest BCUT2D eigenvalue weighted by Crippen LogP contribution is 2.31. The molecular weight excluding hydrogens is 234 g/mol. The van der Waals surface area contributed by atoms with Crippen LogP contribution in [0.25, 0.3) is 0 Å². The molecule has 1 N–H and O–H groups in total. The molecule has 0 bridgehead atoms. The predicted molar refractivity (Wildman–Crippen MR) is 66.7 cm³/mol. The number of nitrogens with zero attached hydrogens (tertiary/aromatic N) is 1. The van der Waals surface area contributed by atoms with E-state index in [0.717, 1.165) is 24.8 Å². The van der Waals surface area contributed by atoms with Crippen LogP contribution in [0, 0.1) is 17.0 Å². The van der Waals surface area contributed by atoms with Gasteiger partial charge in [-0.15, -0.1) is 0 Å². The second-order valence-corrected chi connectivity index (χ2v) is 4.74. The van der Waals surface area contributed by atoms with Crippen LogP contribution >= 0.6 is 0 Å². The molecule has 1 aromatic rings. The first kappa shape index (κ1) is 12.8. The standard InChI is InChI=1S/C13H17NO4/c1-9-6-7-12(10(8-9)14(16)17)18-13-5-3-2-4-11(13)15/h6-8,11,13,15H,2-5H2,1H3. The van der Waals surface area contributed by atoms with Crippen molar-refractivity contribution in [3.63, 3.8) is 0 Å². The minimum atomic E-state index is -0.528. The maximum absolute atomic E-state index is 11.0. The summed E-state index contributed by atoms with van der Waals surface area (Å²) in [6, 6.07) is 4.87. The van der Waals surface area contributed by atoms with Gasteiger partial charge >= 0.3 is 5.69 Å². The Hall–Kier alpha value is -1.62. The molecule has 1 saturated carbocycles. The Kier molecular flexibility index (Phi) is 3.81. The van der Waals surface area contributed by atoms with Crippen molar-refractivity contribution in [3.8, 4) is 5.75 Å². The summed E-state index contributed by atoms with van der Waals surface area (Å²) in [6.07, 6.45) is 2.55. The van der Waals surface area contributed by atoms with Crippen molar-refractivity contribution in [2.75, 3.05) is 0 Å². The summed E-state index contributed by atoms with van der Waals surface area (Å²) < 4.78 is 5.62. The lowest BCUT2D eigenvalue weighted by atomic mass is 9.95. The lowest BCUT2D eigenvalue weighted by Gasteiger charge is -2.28. The minimum absolute atomic E-state index is 0.0345. The number of rotatable bonds is 3. The molecule has 0 heterocycles. The van der Waals surface area contributed by atoms with Gasteiger partial charge in [0.05, 0.1) is 11.0 Å². The summed E-state index contributed by atoms with van der Waals surface area (Å²) in [5.74, 6) is 0.247. The van der Waals surface area contributed by atoms with Crippen molar-refractivity contribution < 1.29 is 14.8 Å². The van der Waals surface area contributed by atoms with Crippen molar-refractivity contribution in [1.82, 2.24) is 0 Å². The molecule has 5 nitrogen and oxygen atoms in total. The lowest BCUT2D eigenvalue weighted by molar-refractivity contribution is -0.386. The number of nitro groups is 1. The summed E-state index contributed by atoms with van der Waals surface area (Å²) in [5, 5.41) is 20.8. The third-order valence-electron chi connectivity index (χ3n) is 3.26. The molecule has 0 aromatic heterocycles. The van der Waals surface area contributed by atoms with Gasteiger partial charge in [-0.3, -0.25) is 10.1 Å². The van der Waals surface area contributed by atoms with E-state index >= 15 is 0 Å². The summed E-state index contributed by atoms with van der Waals surface area (Å²) in [7, 11) is 0. The van der Waals surface area contributed by atoms with E-state index in [1.807, 2.05) is 0 Å². The average molecular weight is 251 g/mol. The molecule has 2 unspecified atom stereocenters. The van der Waals surface area contributed by atoms with Crippen molar-refractivity contribution in [2.45, 2.75) is 44.8 Å². The molecule has 1 aromatic carbocycles. The largest absolute Gasteiger partial charge is 0.481 e. The molecule has 98 valence electrons. The summed E-state index contributed by atoms with van der Waals surface area (Å²) in [4.78, 5) is 10.5. The van der Waals surface area contributed by atoms with Crippen LogP contribution in [-0.2, 0) is 0 Å². The topological polar surface area (TPSA) is 72.6 Å². The molecule has 5 heteroatoms. The highest BCUT2D eigenvalue weighted by molar-refractivity contribution is 5.48. The molecule has 0 saturated heterocycles. The van der Waals surface area contributed by atoms with E-state index in [4.69, 9.17) is 4.74 Å². The second kappa shape index (κ2) is 5.35. The van der Waals surface area contributed by atoms with Crippen LogP contribution in [0.5, 0.6) is 5.75 Å². The highest BCUT2D eigenvalue weighted by atomic mass is 16.6. The summed E-state index contributed by atoms with van der Waals surface area (Å²) in [6.45, 7) is 1.80. The average Bonchev–Trinajstić information content (AvgIpc) is 2.34. The van der Waals surface area contributed by atoms with Gasteiger partial charge in [0.15, 0.2) is 5.75 Å². The number of aryl methyl sites for hydroxylation is 1. The fraction of sp³-hybridized carbons (Fsp3) is 0.538. The smallest absolute Gasteiger partial charge is 0.311 e. The number of hydrogen-bond donors (Lipinski definition) is 1. The van der Waals surface area contributed by atoms with Crippen LogP contribution in [0.1, 0.15) is 31.2 Å². The number of aliphatic hydroxyl groups excluding tert-OH is 1. The van der Waals surface area contributed by atoms with Crippen molar-refractivity contribution in [2.24, 2.45) is 0 Å². The molecule has 2 atom stereocenters. The van der Waals surface area contributed by atoms with Crippen LogP contribution in [0.15, 0.2) is 18.2 Å². The van der Waals surface area contributed by atoms with E-state index in [1.54, 1.807) is 19.1 Å². The van der Waals surface area contributed by atoms with E-state index in [1.165, 1.54) is 6.07 Å². The Morgan fingerprint density at radius 2 is 2.11 bits per heavy atom. The first-order valence-corrected chi connectivity index (χ1v) is 6.17. The number of nitro benzene ring substituents is 1. The van der Waals surface area contributed by atoms with E-state index < -0.39 is 11.0 Å². The fourth-order valence-corrected chi connectivity index (χ4v) is 2.25. The van der Waals surface area contributed by atoms with Crippen molar-refractivity contribution >= 4 is 5.69 Å². The van der Waals surface area contributed by atoms with Crippen LogP contribution < -0.4 is 4.74 Å². The molecule has 0 amide bonds. The van der Waals surface area contributed by atoms with Gasteiger partial charge in [-0.05, 0) is 37.8 Å². The zero-order chi connectivity index (χ0) is 13.1. The normalized spacial score (nSPS) is 23.7. The molecule has 0 aliphatic heterocycles. The Bertz CT molecular complexity index is 447. The monoisotopic (exact) mass is 251 g/mol. The van der Waals surface area contributed by atoms with Gasteiger partial charge in [-0.1, -0.05) is 12.5 Å². The van der Waals surface area contributed by atoms with Gasteiger partial charge in [-0.2, -0.15) is 0 Å². The van der Waals surface area contributed by atoms with Gasteiger partial charge in [0.2, 0.25) is 0 Å². The third kappa shape index (κ3) is 2.79. The minimum Gasteiger partial charge on any atom is -0.481 e. The van der Waals surface area contributed by atoms with Crippen molar-refractivity contribution in [1.29, 1.82) is 0 Å². The lowest BCUT2D eigenvalue weighted by Crippen LogP contribution is -2.34. The van der Waals surface area contributed by atoms with Crippen molar-refractivity contribution in [3.05, 3.63) is 33.9 Å². The molecule has 1 fully saturated rings. The molecule has 0 radical (unpaired) electrons. The predicted octanol–water partition coefficient (Wildman–Crippen LogP) is 2.59. The third-order valence-corrected chi connectivity index (χ3v) is 3.26. The first-order valence-electron chi connectivity index (χ1n) is 6.17. The molecule has 2 rings (SSSR count). The van der Waals surface area contributed by atoms with Crippen LogP contribution in [0.4, 0.5) is 5.69 Å². The molecule has 1 aliphatic rings. The first-order chi connectivity index (χ1) is 8.58. The quantitative estimate of drug-likeness (QED) is 0.662. The maximum atomic E-state index is 11.0. The van der Waals surface area contributed by atoms with E-state index in [0.29, 0.717) is 6.42 Å². The van der Waals surface area contributed by atoms with Gasteiger partial charge in [0.1, 0.15) is 6.10 Å². The number of ether oxygens (including phenoxy) is 1. The molecule has 0 spiro atoms. The second-order valence-electron chi connectivity index (χ2n) is 4.74.